The third-order valence-electron chi connectivity index (χ3n) is 3.37. The molecule has 3 aromatic rings. The summed E-state index contributed by atoms with van der Waals surface area (Å²) in [5.41, 5.74) is 3.11. The van der Waals surface area contributed by atoms with Crippen LogP contribution in [0.25, 0.3) is 0 Å². The highest BCUT2D eigenvalue weighted by Crippen LogP contribution is 2.38. The van der Waals surface area contributed by atoms with Crippen molar-refractivity contribution in [2.75, 3.05) is 7.11 Å². The van der Waals surface area contributed by atoms with Crippen molar-refractivity contribution in [3.8, 4) is 5.75 Å². The molecular formula is C20H17N3O. The highest BCUT2D eigenvalue weighted by atomic mass is 16.5. The molecule has 0 saturated carbocycles. The Labute approximate surface area is 141 Å². The van der Waals surface area contributed by atoms with Gasteiger partial charge >= 0.3 is 0 Å². The third kappa shape index (κ3) is 3.93. The number of methoxy groups -OCH3 is 1. The van der Waals surface area contributed by atoms with Gasteiger partial charge in [0.25, 0.3) is 0 Å². The monoisotopic (exact) mass is 315 g/mol. The fourth-order valence-corrected chi connectivity index (χ4v) is 2.17. The van der Waals surface area contributed by atoms with Crippen LogP contribution in [0.2, 0.25) is 0 Å². The number of hydrogen-bond acceptors (Lipinski definition) is 4. The Morgan fingerprint density at radius 3 is 2.17 bits per heavy atom. The van der Waals surface area contributed by atoms with Crippen molar-refractivity contribution < 1.29 is 4.74 Å². The smallest absolute Gasteiger partial charge is 0.146 e. The van der Waals surface area contributed by atoms with Gasteiger partial charge in [0.2, 0.25) is 0 Å². The molecule has 0 aliphatic carbocycles. The van der Waals surface area contributed by atoms with E-state index in [4.69, 9.17) is 4.74 Å². The van der Waals surface area contributed by atoms with Crippen molar-refractivity contribution in [2.45, 2.75) is 0 Å². The van der Waals surface area contributed by atoms with Crippen molar-refractivity contribution in [1.29, 1.82) is 0 Å². The second-order valence-corrected chi connectivity index (χ2v) is 5.03. The number of ether oxygens (including phenoxy) is 1. The summed E-state index contributed by atoms with van der Waals surface area (Å²) in [6.07, 6.45) is 1.79. The Balaban J connectivity index is 1.95. The average Bonchev–Trinajstić information content (AvgIpc) is 2.66. The van der Waals surface area contributed by atoms with Gasteiger partial charge in [-0.2, -0.15) is 5.11 Å². The normalized spacial score (nSPS) is 11.2. The van der Waals surface area contributed by atoms with Crippen molar-refractivity contribution in [3.63, 3.8) is 0 Å². The van der Waals surface area contributed by atoms with E-state index in [1.807, 2.05) is 78.9 Å². The molecule has 4 heteroatoms. The van der Waals surface area contributed by atoms with E-state index in [0.29, 0.717) is 17.1 Å². The number of hydrogen-bond donors (Lipinski definition) is 0. The Hall–Kier alpha value is -3.27. The molecule has 0 fully saturated rings. The molecule has 4 nitrogen and oxygen atoms in total. The van der Waals surface area contributed by atoms with Crippen LogP contribution < -0.4 is 4.74 Å². The number of nitrogens with zero attached hydrogens (tertiary/aromatic N) is 3. The van der Waals surface area contributed by atoms with E-state index in [-0.39, 0.29) is 0 Å². The maximum atomic E-state index is 5.41. The Kier molecular flexibility index (Phi) is 5.10. The van der Waals surface area contributed by atoms with Crippen LogP contribution in [0.1, 0.15) is 5.56 Å². The van der Waals surface area contributed by atoms with Gasteiger partial charge in [0.05, 0.1) is 12.8 Å². The summed E-state index contributed by atoms with van der Waals surface area (Å²) < 4.78 is 5.41. The van der Waals surface area contributed by atoms with Crippen LogP contribution in [0, 0.1) is 0 Å². The van der Waals surface area contributed by atoms with Crippen LogP contribution in [-0.4, -0.2) is 13.3 Å². The van der Waals surface area contributed by atoms with Gasteiger partial charge in [0, 0.05) is 6.21 Å². The molecule has 0 saturated heterocycles. The van der Waals surface area contributed by atoms with E-state index < -0.39 is 0 Å². The molecule has 0 unspecified atom stereocenters. The van der Waals surface area contributed by atoms with Crippen LogP contribution in [0.4, 0.5) is 17.1 Å². The van der Waals surface area contributed by atoms with Crippen LogP contribution >= 0.6 is 0 Å². The first-order valence-corrected chi connectivity index (χ1v) is 7.60. The highest BCUT2D eigenvalue weighted by Gasteiger charge is 2.07. The summed E-state index contributed by atoms with van der Waals surface area (Å²) in [6, 6.07) is 25.1. The number of aliphatic imine (C=N–C) groups is 1. The molecule has 24 heavy (non-hydrogen) atoms. The third-order valence-corrected chi connectivity index (χ3v) is 3.37. The Bertz CT molecular complexity index is 843. The highest BCUT2D eigenvalue weighted by molar-refractivity contribution is 5.85. The minimum absolute atomic E-state index is 0.656. The summed E-state index contributed by atoms with van der Waals surface area (Å²) in [5, 5.41) is 8.59. The van der Waals surface area contributed by atoms with Gasteiger partial charge in [-0.1, -0.05) is 54.6 Å². The average molecular weight is 315 g/mol. The summed E-state index contributed by atoms with van der Waals surface area (Å²) in [6.45, 7) is 0. The fraction of sp³-hybridized carbons (Fsp3) is 0.0500. The molecule has 3 rings (SSSR count). The lowest BCUT2D eigenvalue weighted by molar-refractivity contribution is 0.416. The topological polar surface area (TPSA) is 46.3 Å². The quantitative estimate of drug-likeness (QED) is 0.429. The lowest BCUT2D eigenvalue weighted by atomic mass is 10.2. The predicted molar refractivity (Wildman–Crippen MR) is 97.3 cm³/mol. The van der Waals surface area contributed by atoms with Gasteiger partial charge in [-0.05, 0) is 29.8 Å². The summed E-state index contributed by atoms with van der Waals surface area (Å²) in [4.78, 5) is 4.56. The summed E-state index contributed by atoms with van der Waals surface area (Å²) in [7, 11) is 1.62. The summed E-state index contributed by atoms with van der Waals surface area (Å²) in [5.74, 6) is 0.659. The molecule has 0 aliphatic rings. The minimum Gasteiger partial charge on any atom is -0.494 e. The minimum atomic E-state index is 0.656. The molecule has 0 heterocycles. The molecule has 3 aromatic carbocycles. The Morgan fingerprint density at radius 2 is 1.46 bits per heavy atom. The number of benzene rings is 3. The number of para-hydroxylation sites is 1. The van der Waals surface area contributed by atoms with Gasteiger partial charge in [-0.25, -0.2) is 4.99 Å². The zero-order chi connectivity index (χ0) is 16.6. The van der Waals surface area contributed by atoms with E-state index in [1.165, 1.54) is 0 Å². The maximum Gasteiger partial charge on any atom is 0.146 e. The van der Waals surface area contributed by atoms with Gasteiger partial charge in [-0.15, -0.1) is 5.11 Å². The SMILES string of the molecule is COc1cccc(N=Nc2ccccc2)c1N=Cc1ccccc1. The van der Waals surface area contributed by atoms with E-state index in [9.17, 15) is 0 Å². The van der Waals surface area contributed by atoms with Crippen LogP contribution in [0.3, 0.4) is 0 Å². The lowest BCUT2D eigenvalue weighted by Crippen LogP contribution is -1.85. The second kappa shape index (κ2) is 7.83. The molecule has 0 bridgehead atoms. The van der Waals surface area contributed by atoms with Crippen molar-refractivity contribution in [2.24, 2.45) is 15.2 Å². The fourth-order valence-electron chi connectivity index (χ4n) is 2.17. The molecular weight excluding hydrogens is 298 g/mol. The maximum absolute atomic E-state index is 5.41. The van der Waals surface area contributed by atoms with E-state index in [0.717, 1.165) is 11.3 Å². The molecule has 118 valence electrons. The van der Waals surface area contributed by atoms with E-state index >= 15 is 0 Å². The van der Waals surface area contributed by atoms with Crippen molar-refractivity contribution >= 4 is 23.3 Å². The molecule has 0 aliphatic heterocycles. The van der Waals surface area contributed by atoms with Crippen LogP contribution in [0.5, 0.6) is 5.75 Å². The molecule has 0 radical (unpaired) electrons. The zero-order valence-electron chi connectivity index (χ0n) is 13.3. The first kappa shape index (κ1) is 15.6. The zero-order valence-corrected chi connectivity index (χ0v) is 13.3. The van der Waals surface area contributed by atoms with Gasteiger partial charge in [0.15, 0.2) is 0 Å². The molecule has 0 N–H and O–H groups in total. The van der Waals surface area contributed by atoms with Crippen LogP contribution in [-0.2, 0) is 0 Å². The number of rotatable bonds is 5. The predicted octanol–water partition coefficient (Wildman–Crippen LogP) is 5.86. The van der Waals surface area contributed by atoms with Crippen molar-refractivity contribution in [3.05, 3.63) is 84.4 Å². The van der Waals surface area contributed by atoms with Crippen LogP contribution in [0.15, 0.2) is 94.1 Å². The number of azo groups is 1. The lowest BCUT2D eigenvalue weighted by Gasteiger charge is -2.06. The van der Waals surface area contributed by atoms with Gasteiger partial charge < -0.3 is 4.74 Å². The first-order valence-electron chi connectivity index (χ1n) is 7.60. The summed E-state index contributed by atoms with van der Waals surface area (Å²) >= 11 is 0. The molecule has 0 amide bonds. The van der Waals surface area contributed by atoms with E-state index in [1.54, 1.807) is 13.3 Å². The second-order valence-electron chi connectivity index (χ2n) is 5.03. The molecule has 0 aromatic heterocycles. The first-order chi connectivity index (χ1) is 11.9. The van der Waals surface area contributed by atoms with E-state index in [2.05, 4.69) is 15.2 Å². The molecule has 0 atom stereocenters. The van der Waals surface area contributed by atoms with Gasteiger partial charge in [-0.3, -0.25) is 0 Å². The van der Waals surface area contributed by atoms with Crippen molar-refractivity contribution in [1.82, 2.24) is 0 Å². The van der Waals surface area contributed by atoms with Gasteiger partial charge in [0.1, 0.15) is 17.1 Å². The Morgan fingerprint density at radius 1 is 0.750 bits per heavy atom. The standard InChI is InChI=1S/C20H17N3O/c1-24-19-14-8-13-18(23-22-17-11-6-3-7-12-17)20(19)21-15-16-9-4-2-5-10-16/h2-15H,1H3. The largest absolute Gasteiger partial charge is 0.494 e. The molecule has 0 spiro atoms.